The molecule has 1 rings (SSSR count). The lowest BCUT2D eigenvalue weighted by atomic mass is 10.1. The molecule has 0 aromatic rings. The molecule has 1 amide bonds. The number of nitrogens with one attached hydrogen (secondary N) is 2. The molecule has 0 aliphatic carbocycles. The molecule has 0 unspecified atom stereocenters. The van der Waals surface area contributed by atoms with Gasteiger partial charge in [0.25, 0.3) is 0 Å². The standard InChI is InChI=1S/C10H19FN2O2/c1-10(2,3)15-9(14)13-8-4-5-12-6-7(8)11/h7-8,12H,4-6H2,1-3H3,(H,13,14)/t7-,8+/m0/s1. The third kappa shape index (κ3) is 4.46. The zero-order valence-corrected chi connectivity index (χ0v) is 9.47. The second-order valence-electron chi connectivity index (χ2n) is 4.76. The van der Waals surface area contributed by atoms with Crippen molar-refractivity contribution in [2.45, 2.75) is 45.0 Å². The van der Waals surface area contributed by atoms with Gasteiger partial charge >= 0.3 is 6.09 Å². The fourth-order valence-electron chi connectivity index (χ4n) is 1.44. The molecule has 5 heteroatoms. The normalized spacial score (nSPS) is 27.2. The summed E-state index contributed by atoms with van der Waals surface area (Å²) in [5.74, 6) is 0. The molecule has 0 radical (unpaired) electrons. The van der Waals surface area contributed by atoms with Crippen molar-refractivity contribution in [1.82, 2.24) is 10.6 Å². The summed E-state index contributed by atoms with van der Waals surface area (Å²) >= 11 is 0. The lowest BCUT2D eigenvalue weighted by Crippen LogP contribution is -2.51. The van der Waals surface area contributed by atoms with Crippen LogP contribution in [-0.2, 0) is 4.74 Å². The summed E-state index contributed by atoms with van der Waals surface area (Å²) in [7, 11) is 0. The number of alkyl halides is 1. The van der Waals surface area contributed by atoms with E-state index in [2.05, 4.69) is 10.6 Å². The number of amides is 1. The smallest absolute Gasteiger partial charge is 0.407 e. The maximum atomic E-state index is 13.3. The molecule has 0 bridgehead atoms. The van der Waals surface area contributed by atoms with Crippen molar-refractivity contribution in [3.05, 3.63) is 0 Å². The molecule has 0 aromatic heterocycles. The molecular weight excluding hydrogens is 199 g/mol. The van der Waals surface area contributed by atoms with Crippen LogP contribution in [0.1, 0.15) is 27.2 Å². The van der Waals surface area contributed by atoms with Crippen molar-refractivity contribution in [3.63, 3.8) is 0 Å². The zero-order chi connectivity index (χ0) is 11.5. The third-order valence-electron chi connectivity index (χ3n) is 2.11. The number of hydrogen-bond acceptors (Lipinski definition) is 3. The predicted octanol–water partition coefficient (Wildman–Crippen LogP) is 1.21. The molecule has 0 aromatic carbocycles. The third-order valence-corrected chi connectivity index (χ3v) is 2.11. The Morgan fingerprint density at radius 3 is 2.73 bits per heavy atom. The summed E-state index contributed by atoms with van der Waals surface area (Å²) in [6.07, 6.45) is -0.983. The van der Waals surface area contributed by atoms with Gasteiger partial charge in [-0.1, -0.05) is 0 Å². The average Bonchev–Trinajstić information content (AvgIpc) is 2.05. The van der Waals surface area contributed by atoms with Crippen molar-refractivity contribution in [1.29, 1.82) is 0 Å². The van der Waals surface area contributed by atoms with Crippen LogP contribution in [0.2, 0.25) is 0 Å². The molecule has 1 aliphatic rings. The highest BCUT2D eigenvalue weighted by atomic mass is 19.1. The summed E-state index contributed by atoms with van der Waals surface area (Å²) in [5, 5.41) is 5.47. The van der Waals surface area contributed by atoms with Gasteiger partial charge in [-0.15, -0.1) is 0 Å². The molecule has 1 fully saturated rings. The summed E-state index contributed by atoms with van der Waals surface area (Å²) in [6, 6.07) is -0.430. The number of hydrogen-bond donors (Lipinski definition) is 2. The van der Waals surface area contributed by atoms with Gasteiger partial charge in [-0.2, -0.15) is 0 Å². The van der Waals surface area contributed by atoms with Crippen LogP contribution in [0.3, 0.4) is 0 Å². The molecule has 0 spiro atoms. The molecule has 4 nitrogen and oxygen atoms in total. The number of alkyl carbamates (subject to hydrolysis) is 1. The number of ether oxygens (including phenoxy) is 1. The first-order valence-electron chi connectivity index (χ1n) is 5.23. The first-order valence-corrected chi connectivity index (χ1v) is 5.23. The number of halogens is 1. The molecule has 1 aliphatic heterocycles. The van der Waals surface area contributed by atoms with Crippen molar-refractivity contribution >= 4 is 6.09 Å². The average molecular weight is 218 g/mol. The molecule has 2 N–H and O–H groups in total. The summed E-state index contributed by atoms with van der Waals surface area (Å²) in [6.45, 7) is 6.35. The lowest BCUT2D eigenvalue weighted by Gasteiger charge is -2.28. The fourth-order valence-corrected chi connectivity index (χ4v) is 1.44. The van der Waals surface area contributed by atoms with E-state index in [9.17, 15) is 9.18 Å². The highest BCUT2D eigenvalue weighted by Crippen LogP contribution is 2.10. The van der Waals surface area contributed by atoms with E-state index in [0.29, 0.717) is 13.0 Å². The predicted molar refractivity (Wildman–Crippen MR) is 55.5 cm³/mol. The Balaban J connectivity index is 2.36. The van der Waals surface area contributed by atoms with Gasteiger partial charge < -0.3 is 15.4 Å². The van der Waals surface area contributed by atoms with Crippen LogP contribution in [-0.4, -0.2) is 37.0 Å². The van der Waals surface area contributed by atoms with E-state index in [1.807, 2.05) is 0 Å². The van der Waals surface area contributed by atoms with Gasteiger partial charge in [-0.3, -0.25) is 0 Å². The van der Waals surface area contributed by atoms with Crippen molar-refractivity contribution in [2.24, 2.45) is 0 Å². The van der Waals surface area contributed by atoms with Crippen molar-refractivity contribution in [3.8, 4) is 0 Å². The van der Waals surface area contributed by atoms with E-state index in [-0.39, 0.29) is 0 Å². The minimum Gasteiger partial charge on any atom is -0.444 e. The van der Waals surface area contributed by atoms with Crippen LogP contribution >= 0.6 is 0 Å². The van der Waals surface area contributed by atoms with Crippen LogP contribution in [0.4, 0.5) is 9.18 Å². The Hall–Kier alpha value is -0.840. The molecule has 2 atom stereocenters. The van der Waals surface area contributed by atoms with Crippen LogP contribution in [0, 0.1) is 0 Å². The van der Waals surface area contributed by atoms with E-state index in [0.717, 1.165) is 6.54 Å². The Morgan fingerprint density at radius 2 is 2.20 bits per heavy atom. The van der Waals surface area contributed by atoms with E-state index in [4.69, 9.17) is 4.74 Å². The first-order chi connectivity index (χ1) is 6.88. The van der Waals surface area contributed by atoms with Crippen molar-refractivity contribution < 1.29 is 13.9 Å². The molecular formula is C10H19FN2O2. The van der Waals surface area contributed by atoms with Gasteiger partial charge in [-0.05, 0) is 33.7 Å². The van der Waals surface area contributed by atoms with Gasteiger partial charge in [-0.25, -0.2) is 9.18 Å². The highest BCUT2D eigenvalue weighted by molar-refractivity contribution is 5.68. The molecule has 1 saturated heterocycles. The van der Waals surface area contributed by atoms with Gasteiger partial charge in [0.2, 0.25) is 0 Å². The van der Waals surface area contributed by atoms with E-state index >= 15 is 0 Å². The topological polar surface area (TPSA) is 50.4 Å². The number of carbonyl (C=O) groups is 1. The Bertz CT molecular complexity index is 228. The van der Waals surface area contributed by atoms with Gasteiger partial charge in [0.15, 0.2) is 0 Å². The first kappa shape index (κ1) is 12.2. The van der Waals surface area contributed by atoms with E-state index in [1.165, 1.54) is 0 Å². The monoisotopic (exact) mass is 218 g/mol. The Kier molecular flexibility index (Phi) is 3.90. The second-order valence-corrected chi connectivity index (χ2v) is 4.76. The maximum Gasteiger partial charge on any atom is 0.407 e. The Morgan fingerprint density at radius 1 is 1.53 bits per heavy atom. The number of piperidine rings is 1. The number of carbonyl (C=O) groups excluding carboxylic acids is 1. The van der Waals surface area contributed by atoms with Gasteiger partial charge in [0.1, 0.15) is 11.8 Å². The van der Waals surface area contributed by atoms with Crippen LogP contribution < -0.4 is 10.6 Å². The molecule has 0 saturated carbocycles. The van der Waals surface area contributed by atoms with Gasteiger partial charge in [0, 0.05) is 6.54 Å². The quantitative estimate of drug-likeness (QED) is 0.695. The summed E-state index contributed by atoms with van der Waals surface area (Å²) in [4.78, 5) is 11.4. The van der Waals surface area contributed by atoms with Crippen LogP contribution in [0.25, 0.3) is 0 Å². The van der Waals surface area contributed by atoms with E-state index < -0.39 is 23.9 Å². The van der Waals surface area contributed by atoms with Gasteiger partial charge in [0.05, 0.1) is 6.04 Å². The maximum absolute atomic E-state index is 13.3. The highest BCUT2D eigenvalue weighted by Gasteiger charge is 2.27. The van der Waals surface area contributed by atoms with E-state index in [1.54, 1.807) is 20.8 Å². The van der Waals surface area contributed by atoms with Crippen LogP contribution in [0.5, 0.6) is 0 Å². The molecule has 1 heterocycles. The largest absolute Gasteiger partial charge is 0.444 e. The second kappa shape index (κ2) is 4.79. The minimum absolute atomic E-state index is 0.292. The molecule has 88 valence electrons. The minimum atomic E-state index is -1.04. The Labute approximate surface area is 89.6 Å². The summed E-state index contributed by atoms with van der Waals surface area (Å²) in [5.41, 5.74) is -0.539. The number of rotatable bonds is 1. The molecule has 15 heavy (non-hydrogen) atoms. The SMILES string of the molecule is CC(C)(C)OC(=O)N[C@@H]1CCNC[C@@H]1F. The lowest BCUT2D eigenvalue weighted by molar-refractivity contribution is 0.0458. The fraction of sp³-hybridized carbons (Fsp3) is 0.900. The summed E-state index contributed by atoms with van der Waals surface area (Å²) < 4.78 is 18.4. The van der Waals surface area contributed by atoms with Crippen molar-refractivity contribution in [2.75, 3.05) is 13.1 Å². The zero-order valence-electron chi connectivity index (χ0n) is 9.47. The van der Waals surface area contributed by atoms with Crippen LogP contribution in [0.15, 0.2) is 0 Å².